The van der Waals surface area contributed by atoms with Gasteiger partial charge in [-0.05, 0) is 85.0 Å². The number of fused-ring (bicyclic) bond motifs is 5. The molecule has 0 saturated heterocycles. The van der Waals surface area contributed by atoms with Crippen LogP contribution in [0.3, 0.4) is 0 Å². The van der Waals surface area contributed by atoms with E-state index in [-0.39, 0.29) is 0 Å². The maximum Gasteiger partial charge on any atom is 0.161 e. The second kappa shape index (κ2) is 7.89. The van der Waals surface area contributed by atoms with Crippen LogP contribution in [0.25, 0.3) is 0 Å². The van der Waals surface area contributed by atoms with Crippen LogP contribution in [0.1, 0.15) is 82.3 Å². The molecule has 1 aromatic rings. The minimum Gasteiger partial charge on any atom is -0.493 e. The number of benzene rings is 1. The molecular formula is C25H36O2. The van der Waals surface area contributed by atoms with Gasteiger partial charge in [0.1, 0.15) is 0 Å². The van der Waals surface area contributed by atoms with Crippen molar-refractivity contribution < 1.29 is 9.47 Å². The van der Waals surface area contributed by atoms with Crippen LogP contribution in [0.2, 0.25) is 0 Å². The second-order valence-corrected chi connectivity index (χ2v) is 9.21. The summed E-state index contributed by atoms with van der Waals surface area (Å²) in [5.41, 5.74) is 3.51. The van der Waals surface area contributed by atoms with Gasteiger partial charge < -0.3 is 9.47 Å². The number of aryl methyl sites for hydroxylation is 1. The highest BCUT2D eigenvalue weighted by atomic mass is 16.5. The summed E-state index contributed by atoms with van der Waals surface area (Å²) in [6.45, 7) is 5.54. The highest BCUT2D eigenvalue weighted by Crippen LogP contribution is 2.59. The van der Waals surface area contributed by atoms with E-state index in [1.807, 2.05) is 0 Å². The maximum absolute atomic E-state index is 6.19. The Hall–Kier alpha value is -1.44. The fraction of sp³-hybridized carbons (Fsp3) is 0.680. The molecule has 3 aliphatic rings. The van der Waals surface area contributed by atoms with Crippen molar-refractivity contribution in [1.29, 1.82) is 0 Å². The Bertz CT molecular complexity index is 692. The smallest absolute Gasteiger partial charge is 0.161 e. The van der Waals surface area contributed by atoms with Gasteiger partial charge in [0.2, 0.25) is 0 Å². The summed E-state index contributed by atoms with van der Waals surface area (Å²) >= 11 is 0. The van der Waals surface area contributed by atoms with Gasteiger partial charge in [0.05, 0.1) is 13.7 Å². The molecule has 2 nitrogen and oxygen atoms in total. The van der Waals surface area contributed by atoms with Crippen molar-refractivity contribution in [2.24, 2.45) is 17.3 Å². The molecule has 27 heavy (non-hydrogen) atoms. The first-order chi connectivity index (χ1) is 13.2. The molecule has 148 valence electrons. The first-order valence-corrected chi connectivity index (χ1v) is 11.2. The standard InChI is InChI=1S/C25H36O2/c1-4-5-6-7-15-27-24-17-21-18(16-23(24)26-3)10-11-20-19(21)12-14-25(2)13-8-9-22(20)25/h8,13,16-17,19-20,22H,4-7,9-12,14-15H2,1-3H3/t19-,20+,22-,25-/m0/s1. The van der Waals surface area contributed by atoms with E-state index in [2.05, 4.69) is 38.1 Å². The van der Waals surface area contributed by atoms with Crippen LogP contribution in [0, 0.1) is 17.3 Å². The lowest BCUT2D eigenvalue weighted by molar-refractivity contribution is 0.0824. The summed E-state index contributed by atoms with van der Waals surface area (Å²) in [7, 11) is 1.77. The van der Waals surface area contributed by atoms with Gasteiger partial charge >= 0.3 is 0 Å². The SMILES string of the molecule is CCCCCCOc1cc2c(cc1OC)CC[C@@H]1[C@@H]2CC[C@]2(C)C=CC[C@@H]12. The van der Waals surface area contributed by atoms with Gasteiger partial charge in [-0.1, -0.05) is 45.3 Å². The first-order valence-electron chi connectivity index (χ1n) is 11.2. The van der Waals surface area contributed by atoms with Crippen molar-refractivity contribution in [2.45, 2.75) is 77.6 Å². The Kier molecular flexibility index (Phi) is 5.53. The monoisotopic (exact) mass is 368 g/mol. The zero-order chi connectivity index (χ0) is 18.9. The maximum atomic E-state index is 6.19. The molecule has 4 atom stereocenters. The van der Waals surface area contributed by atoms with Crippen LogP contribution in [-0.2, 0) is 6.42 Å². The largest absolute Gasteiger partial charge is 0.493 e. The molecule has 0 spiro atoms. The zero-order valence-corrected chi connectivity index (χ0v) is 17.4. The second-order valence-electron chi connectivity index (χ2n) is 9.21. The molecule has 4 rings (SSSR count). The van der Waals surface area contributed by atoms with E-state index in [4.69, 9.17) is 9.47 Å². The fourth-order valence-electron chi connectivity index (χ4n) is 6.04. The number of rotatable bonds is 7. The fourth-order valence-corrected chi connectivity index (χ4v) is 6.04. The van der Waals surface area contributed by atoms with E-state index in [1.54, 1.807) is 12.7 Å². The molecule has 2 heteroatoms. The van der Waals surface area contributed by atoms with E-state index in [1.165, 1.54) is 56.9 Å². The molecule has 0 unspecified atom stereocenters. The van der Waals surface area contributed by atoms with Crippen molar-refractivity contribution in [3.05, 3.63) is 35.4 Å². The average Bonchev–Trinajstić information content (AvgIpc) is 3.08. The van der Waals surface area contributed by atoms with Gasteiger partial charge in [-0.15, -0.1) is 0 Å². The molecule has 0 bridgehead atoms. The van der Waals surface area contributed by atoms with Gasteiger partial charge in [0.15, 0.2) is 11.5 Å². The summed E-state index contributed by atoms with van der Waals surface area (Å²) < 4.78 is 11.9. The number of unbranched alkanes of at least 4 members (excludes halogenated alkanes) is 3. The Balaban J connectivity index is 1.54. The molecule has 1 saturated carbocycles. The highest BCUT2D eigenvalue weighted by molar-refractivity contribution is 5.50. The number of methoxy groups -OCH3 is 1. The van der Waals surface area contributed by atoms with E-state index in [9.17, 15) is 0 Å². The summed E-state index contributed by atoms with van der Waals surface area (Å²) in [6, 6.07) is 4.61. The van der Waals surface area contributed by atoms with Crippen molar-refractivity contribution in [2.75, 3.05) is 13.7 Å². The topological polar surface area (TPSA) is 18.5 Å². The summed E-state index contributed by atoms with van der Waals surface area (Å²) in [6.07, 6.45) is 16.4. The van der Waals surface area contributed by atoms with Gasteiger partial charge in [0, 0.05) is 0 Å². The number of hydrogen-bond donors (Lipinski definition) is 0. The van der Waals surface area contributed by atoms with Crippen LogP contribution in [0.4, 0.5) is 0 Å². The third-order valence-corrected chi connectivity index (χ3v) is 7.59. The van der Waals surface area contributed by atoms with Gasteiger partial charge in [-0.2, -0.15) is 0 Å². The minimum atomic E-state index is 0.448. The predicted molar refractivity (Wildman–Crippen MR) is 112 cm³/mol. The Morgan fingerprint density at radius 1 is 1.11 bits per heavy atom. The summed E-state index contributed by atoms with van der Waals surface area (Å²) in [5.74, 6) is 4.26. The highest BCUT2D eigenvalue weighted by Gasteiger charge is 2.48. The number of ether oxygens (including phenoxy) is 2. The zero-order valence-electron chi connectivity index (χ0n) is 17.4. The van der Waals surface area contributed by atoms with Gasteiger partial charge in [0.25, 0.3) is 0 Å². The Labute approximate surface area is 165 Å². The van der Waals surface area contributed by atoms with E-state index in [0.29, 0.717) is 11.3 Å². The molecule has 0 radical (unpaired) electrons. The molecule has 3 aliphatic carbocycles. The molecular weight excluding hydrogens is 332 g/mol. The minimum absolute atomic E-state index is 0.448. The van der Waals surface area contributed by atoms with E-state index < -0.39 is 0 Å². The lowest BCUT2D eigenvalue weighted by Crippen LogP contribution is -2.39. The van der Waals surface area contributed by atoms with Crippen molar-refractivity contribution >= 4 is 0 Å². The molecule has 0 N–H and O–H groups in total. The average molecular weight is 369 g/mol. The Morgan fingerprint density at radius 3 is 2.81 bits per heavy atom. The number of allylic oxidation sites excluding steroid dienone is 2. The molecule has 0 heterocycles. The number of hydrogen-bond acceptors (Lipinski definition) is 2. The molecule has 0 aliphatic heterocycles. The van der Waals surface area contributed by atoms with Crippen molar-refractivity contribution in [3.63, 3.8) is 0 Å². The normalized spacial score (nSPS) is 31.1. The van der Waals surface area contributed by atoms with E-state index >= 15 is 0 Å². The molecule has 1 aromatic carbocycles. The third-order valence-electron chi connectivity index (χ3n) is 7.59. The lowest BCUT2D eigenvalue weighted by atomic mass is 9.56. The molecule has 0 aromatic heterocycles. The van der Waals surface area contributed by atoms with Crippen LogP contribution in [-0.4, -0.2) is 13.7 Å². The van der Waals surface area contributed by atoms with Crippen LogP contribution in [0.15, 0.2) is 24.3 Å². The first kappa shape index (κ1) is 18.9. The third kappa shape index (κ3) is 3.52. The Morgan fingerprint density at radius 2 is 2.00 bits per heavy atom. The quantitative estimate of drug-likeness (QED) is 0.395. The van der Waals surface area contributed by atoms with Gasteiger partial charge in [-0.25, -0.2) is 0 Å². The molecule has 1 fully saturated rings. The van der Waals surface area contributed by atoms with Crippen LogP contribution >= 0.6 is 0 Å². The summed E-state index contributed by atoms with van der Waals surface area (Å²) in [4.78, 5) is 0. The summed E-state index contributed by atoms with van der Waals surface area (Å²) in [5, 5.41) is 0. The van der Waals surface area contributed by atoms with Gasteiger partial charge in [-0.3, -0.25) is 0 Å². The van der Waals surface area contributed by atoms with Crippen LogP contribution in [0.5, 0.6) is 11.5 Å². The van der Waals surface area contributed by atoms with E-state index in [0.717, 1.165) is 36.4 Å². The van der Waals surface area contributed by atoms with Crippen molar-refractivity contribution in [3.8, 4) is 11.5 Å². The van der Waals surface area contributed by atoms with Crippen LogP contribution < -0.4 is 9.47 Å². The lowest BCUT2D eigenvalue weighted by Gasteiger charge is -2.49. The van der Waals surface area contributed by atoms with Crippen molar-refractivity contribution in [1.82, 2.24) is 0 Å². The molecule has 0 amide bonds. The predicted octanol–water partition coefficient (Wildman–Crippen LogP) is 6.68.